The predicted molar refractivity (Wildman–Crippen MR) is 111 cm³/mol. The number of guanidine groups is 1. The van der Waals surface area contributed by atoms with Gasteiger partial charge in [0.05, 0.1) is 30.9 Å². The normalized spacial score (nSPS) is 19.3. The molecule has 0 radical (unpaired) electrons. The zero-order valence-electron chi connectivity index (χ0n) is 16.7. The Balaban J connectivity index is 1.49. The highest BCUT2D eigenvalue weighted by molar-refractivity contribution is 6.32. The van der Waals surface area contributed by atoms with E-state index < -0.39 is 0 Å². The highest BCUT2D eigenvalue weighted by Crippen LogP contribution is 2.38. The average molecular weight is 420 g/mol. The molecule has 2 aliphatic rings. The molecule has 1 saturated heterocycles. The molecule has 29 heavy (non-hydrogen) atoms. The molecule has 1 unspecified atom stereocenters. The van der Waals surface area contributed by atoms with Crippen LogP contribution in [0, 0.1) is 0 Å². The Hall–Kier alpha value is -2.45. The molecule has 2 aromatic rings. The number of aliphatic imine (C=N–C) groups is 1. The second-order valence-corrected chi connectivity index (χ2v) is 7.43. The number of halogens is 1. The third-order valence-corrected chi connectivity index (χ3v) is 5.15. The highest BCUT2D eigenvalue weighted by atomic mass is 35.5. The van der Waals surface area contributed by atoms with Crippen molar-refractivity contribution in [2.45, 2.75) is 19.6 Å². The molecule has 3 heterocycles. The number of nitrogens with one attached hydrogen (secondary N) is 1. The fraction of sp³-hybridized carbons (Fsp3) is 0.500. The van der Waals surface area contributed by atoms with Gasteiger partial charge in [-0.15, -0.1) is 0 Å². The minimum absolute atomic E-state index is 0.0231. The van der Waals surface area contributed by atoms with E-state index in [2.05, 4.69) is 22.2 Å². The summed E-state index contributed by atoms with van der Waals surface area (Å²) in [5.41, 5.74) is 2.05. The smallest absolute Gasteiger partial charge is 0.194 e. The molecule has 1 N–H and O–H groups in total. The largest absolute Gasteiger partial charge is 0.486 e. The first-order chi connectivity index (χ1) is 14.1. The van der Waals surface area contributed by atoms with Gasteiger partial charge in [0, 0.05) is 31.9 Å². The van der Waals surface area contributed by atoms with Crippen LogP contribution >= 0.6 is 11.6 Å². The van der Waals surface area contributed by atoms with Crippen LogP contribution < -0.4 is 14.8 Å². The Morgan fingerprint density at radius 3 is 2.97 bits per heavy atom. The van der Waals surface area contributed by atoms with Crippen molar-refractivity contribution in [3.63, 3.8) is 0 Å². The van der Waals surface area contributed by atoms with Crippen molar-refractivity contribution >= 4 is 17.6 Å². The molecule has 0 saturated carbocycles. The highest BCUT2D eigenvalue weighted by Gasteiger charge is 2.25. The van der Waals surface area contributed by atoms with Gasteiger partial charge in [-0.25, -0.2) is 4.99 Å². The van der Waals surface area contributed by atoms with Crippen molar-refractivity contribution in [2.24, 2.45) is 12.0 Å². The second-order valence-electron chi connectivity index (χ2n) is 7.02. The zero-order valence-corrected chi connectivity index (χ0v) is 17.5. The summed E-state index contributed by atoms with van der Waals surface area (Å²) in [5.74, 6) is 2.16. The Bertz CT molecular complexity index is 885. The van der Waals surface area contributed by atoms with Gasteiger partial charge in [0.1, 0.15) is 19.3 Å². The van der Waals surface area contributed by atoms with E-state index >= 15 is 0 Å². The number of aromatic nitrogens is 2. The molecule has 0 aliphatic carbocycles. The first kappa shape index (κ1) is 19.8. The quantitative estimate of drug-likeness (QED) is 0.606. The Morgan fingerprint density at radius 1 is 1.31 bits per heavy atom. The van der Waals surface area contributed by atoms with E-state index in [1.165, 1.54) is 0 Å². The van der Waals surface area contributed by atoms with Gasteiger partial charge in [-0.2, -0.15) is 5.10 Å². The number of hydrogen-bond acceptors (Lipinski definition) is 5. The summed E-state index contributed by atoms with van der Waals surface area (Å²) in [7, 11) is 1.91. The number of aryl methyl sites for hydroxylation is 1. The van der Waals surface area contributed by atoms with Gasteiger partial charge in [0.2, 0.25) is 0 Å². The van der Waals surface area contributed by atoms with Gasteiger partial charge < -0.3 is 24.4 Å². The molecule has 2 aliphatic heterocycles. The fourth-order valence-electron chi connectivity index (χ4n) is 3.50. The lowest BCUT2D eigenvalue weighted by Gasteiger charge is -2.34. The van der Waals surface area contributed by atoms with Crippen LogP contribution in [0.4, 0.5) is 0 Å². The Labute approximate surface area is 175 Å². The lowest BCUT2D eigenvalue weighted by molar-refractivity contribution is -0.00805. The minimum atomic E-state index is -0.0231. The topological polar surface area (TPSA) is 73.1 Å². The van der Waals surface area contributed by atoms with Crippen molar-refractivity contribution in [3.8, 4) is 11.5 Å². The van der Waals surface area contributed by atoms with Crippen molar-refractivity contribution in [3.05, 3.63) is 40.7 Å². The molecule has 1 fully saturated rings. The number of morpholine rings is 1. The molecular formula is C20H26ClN5O3. The molecule has 0 spiro atoms. The van der Waals surface area contributed by atoms with Crippen molar-refractivity contribution < 1.29 is 14.2 Å². The molecule has 0 bridgehead atoms. The number of benzene rings is 1. The molecule has 156 valence electrons. The third kappa shape index (κ3) is 4.59. The fourth-order valence-corrected chi connectivity index (χ4v) is 3.79. The van der Waals surface area contributed by atoms with Gasteiger partial charge in [-0.05, 0) is 24.6 Å². The van der Waals surface area contributed by atoms with Crippen LogP contribution in [0.15, 0.2) is 29.5 Å². The van der Waals surface area contributed by atoms with Crippen molar-refractivity contribution in [1.82, 2.24) is 20.0 Å². The number of nitrogens with zero attached hydrogens (tertiary/aromatic N) is 4. The van der Waals surface area contributed by atoms with Crippen LogP contribution in [0.5, 0.6) is 11.5 Å². The van der Waals surface area contributed by atoms with Crippen LogP contribution in [0.3, 0.4) is 0 Å². The van der Waals surface area contributed by atoms with Crippen molar-refractivity contribution in [2.75, 3.05) is 39.5 Å². The summed E-state index contributed by atoms with van der Waals surface area (Å²) in [6.45, 7) is 6.54. The number of ether oxygens (including phenoxy) is 3. The van der Waals surface area contributed by atoms with Gasteiger partial charge in [-0.3, -0.25) is 4.68 Å². The first-order valence-corrected chi connectivity index (χ1v) is 10.2. The number of rotatable bonds is 4. The summed E-state index contributed by atoms with van der Waals surface area (Å²) in [6.07, 6.45) is 3.83. The van der Waals surface area contributed by atoms with E-state index in [9.17, 15) is 0 Å². The molecule has 1 aromatic heterocycles. The van der Waals surface area contributed by atoms with E-state index in [1.54, 1.807) is 4.68 Å². The van der Waals surface area contributed by atoms with E-state index in [-0.39, 0.29) is 6.10 Å². The summed E-state index contributed by atoms with van der Waals surface area (Å²) in [6, 6.07) is 3.84. The Kier molecular flexibility index (Phi) is 6.10. The van der Waals surface area contributed by atoms with Crippen LogP contribution in [0.25, 0.3) is 0 Å². The average Bonchev–Trinajstić information content (AvgIpc) is 3.18. The van der Waals surface area contributed by atoms with Gasteiger partial charge in [-0.1, -0.05) is 11.6 Å². The zero-order chi connectivity index (χ0) is 20.2. The van der Waals surface area contributed by atoms with Gasteiger partial charge in [0.15, 0.2) is 17.5 Å². The van der Waals surface area contributed by atoms with E-state index in [1.807, 2.05) is 31.6 Å². The molecule has 9 heteroatoms. The number of hydrogen-bond donors (Lipinski definition) is 1. The molecule has 1 aromatic carbocycles. The summed E-state index contributed by atoms with van der Waals surface area (Å²) in [4.78, 5) is 7.06. The molecule has 0 amide bonds. The van der Waals surface area contributed by atoms with Crippen LogP contribution in [0.1, 0.15) is 24.2 Å². The predicted octanol–water partition coefficient (Wildman–Crippen LogP) is 2.38. The second kappa shape index (κ2) is 8.92. The maximum Gasteiger partial charge on any atom is 0.194 e. The van der Waals surface area contributed by atoms with E-state index in [0.29, 0.717) is 42.9 Å². The SMILES string of the molecule is CCNC(=NCc1cc(Cl)c2c(c1)OCCO2)N1CCOC(c2cnn(C)c2)C1. The maximum absolute atomic E-state index is 6.36. The lowest BCUT2D eigenvalue weighted by Crippen LogP contribution is -2.48. The molecule has 8 nitrogen and oxygen atoms in total. The number of fused-ring (bicyclic) bond motifs is 1. The minimum Gasteiger partial charge on any atom is -0.486 e. The summed E-state index contributed by atoms with van der Waals surface area (Å²) >= 11 is 6.36. The van der Waals surface area contributed by atoms with E-state index in [4.69, 9.17) is 30.8 Å². The van der Waals surface area contributed by atoms with Gasteiger partial charge in [0.25, 0.3) is 0 Å². The lowest BCUT2D eigenvalue weighted by atomic mass is 10.1. The first-order valence-electron chi connectivity index (χ1n) is 9.85. The maximum atomic E-state index is 6.36. The van der Waals surface area contributed by atoms with Gasteiger partial charge >= 0.3 is 0 Å². The summed E-state index contributed by atoms with van der Waals surface area (Å²) in [5, 5.41) is 8.20. The van der Waals surface area contributed by atoms with Crippen LogP contribution in [-0.4, -0.2) is 60.1 Å². The van der Waals surface area contributed by atoms with Crippen LogP contribution in [0.2, 0.25) is 5.02 Å². The summed E-state index contributed by atoms with van der Waals surface area (Å²) < 4.78 is 19.0. The third-order valence-electron chi connectivity index (χ3n) is 4.87. The van der Waals surface area contributed by atoms with Crippen LogP contribution in [-0.2, 0) is 18.3 Å². The molecule has 1 atom stereocenters. The molecule has 4 rings (SSSR count). The molecular weight excluding hydrogens is 394 g/mol. The standard InChI is InChI=1S/C20H26ClN5O3/c1-3-22-20(26-4-5-27-18(13-26)15-11-24-25(2)12-15)23-10-14-8-16(21)19-17(9-14)28-6-7-29-19/h8-9,11-12,18H,3-7,10,13H2,1-2H3,(H,22,23). The van der Waals surface area contributed by atoms with E-state index in [0.717, 1.165) is 36.7 Å². The monoisotopic (exact) mass is 419 g/mol. The Morgan fingerprint density at radius 2 is 2.17 bits per heavy atom. The van der Waals surface area contributed by atoms with Crippen molar-refractivity contribution in [1.29, 1.82) is 0 Å².